The Balaban J connectivity index is 1.84. The number of benzene rings is 1. The Kier molecular flexibility index (Phi) is 4.52. The minimum Gasteiger partial charge on any atom is -0.481 e. The van der Waals surface area contributed by atoms with Crippen molar-refractivity contribution in [3.05, 3.63) is 47.3 Å². The summed E-state index contributed by atoms with van der Waals surface area (Å²) < 4.78 is 28.8. The Morgan fingerprint density at radius 2 is 1.80 bits per heavy atom. The number of carboxylic acid groups (broad SMARTS) is 1. The molecule has 1 aromatic heterocycles. The molecule has 1 aromatic carbocycles. The van der Waals surface area contributed by atoms with Crippen LogP contribution in [0.2, 0.25) is 0 Å². The quantitative estimate of drug-likeness (QED) is 0.923. The molecule has 0 saturated carbocycles. The van der Waals surface area contributed by atoms with Crippen molar-refractivity contribution < 1.29 is 23.5 Å². The number of rotatable bonds is 3. The van der Waals surface area contributed by atoms with E-state index < -0.39 is 23.5 Å². The van der Waals surface area contributed by atoms with Crippen LogP contribution in [0.25, 0.3) is 5.69 Å². The maximum atomic E-state index is 13.9. The van der Waals surface area contributed by atoms with Gasteiger partial charge in [0.2, 0.25) is 0 Å². The molecular weight excluding hydrogens is 332 g/mol. The number of para-hydroxylation sites is 1. The van der Waals surface area contributed by atoms with Gasteiger partial charge in [0.05, 0.1) is 5.92 Å². The Morgan fingerprint density at radius 1 is 1.20 bits per heavy atom. The van der Waals surface area contributed by atoms with Gasteiger partial charge in [0, 0.05) is 24.8 Å². The number of carboxylic acids is 1. The maximum Gasteiger partial charge on any atom is 0.306 e. The molecule has 0 unspecified atom stereocenters. The Bertz CT molecular complexity index is 806. The number of hydrogen-bond donors (Lipinski definition) is 1. The molecule has 1 aliphatic heterocycles. The van der Waals surface area contributed by atoms with Gasteiger partial charge in [-0.05, 0) is 31.9 Å². The van der Waals surface area contributed by atoms with Gasteiger partial charge >= 0.3 is 5.97 Å². The minimum absolute atomic E-state index is 0.108. The maximum absolute atomic E-state index is 13.9. The number of aliphatic carboxylic acids is 1. The summed E-state index contributed by atoms with van der Waals surface area (Å²) in [7, 11) is 0. The van der Waals surface area contributed by atoms with Gasteiger partial charge in [-0.1, -0.05) is 6.07 Å². The third kappa shape index (κ3) is 3.24. The number of halogens is 2. The normalized spacial score (nSPS) is 15.4. The molecule has 0 bridgehead atoms. The van der Waals surface area contributed by atoms with Crippen LogP contribution >= 0.6 is 0 Å². The zero-order valence-corrected chi connectivity index (χ0v) is 13.6. The molecule has 1 amide bonds. The molecule has 1 N–H and O–H groups in total. The number of nitrogens with zero attached hydrogens (tertiary/aromatic N) is 3. The SMILES string of the molecule is Cc1cn(-c2c(F)cccc2F)nc1C(=O)N1CCC(C(=O)O)CC1. The van der Waals surface area contributed by atoms with Crippen LogP contribution in [0, 0.1) is 24.5 Å². The first-order chi connectivity index (χ1) is 11.9. The fraction of sp³-hybridized carbons (Fsp3) is 0.353. The van der Waals surface area contributed by atoms with Gasteiger partial charge in [0.1, 0.15) is 5.69 Å². The van der Waals surface area contributed by atoms with Gasteiger partial charge in [0.15, 0.2) is 17.3 Å². The van der Waals surface area contributed by atoms with Crippen LogP contribution in [-0.2, 0) is 4.79 Å². The van der Waals surface area contributed by atoms with Crippen molar-refractivity contribution in [3.8, 4) is 5.69 Å². The first kappa shape index (κ1) is 17.1. The first-order valence-electron chi connectivity index (χ1n) is 7.91. The van der Waals surface area contributed by atoms with E-state index in [9.17, 15) is 18.4 Å². The summed E-state index contributed by atoms with van der Waals surface area (Å²) in [6, 6.07) is 3.49. The van der Waals surface area contributed by atoms with Gasteiger partial charge in [-0.15, -0.1) is 0 Å². The molecule has 0 spiro atoms. The van der Waals surface area contributed by atoms with E-state index in [1.54, 1.807) is 6.92 Å². The second-order valence-electron chi connectivity index (χ2n) is 6.08. The molecule has 132 valence electrons. The zero-order chi connectivity index (χ0) is 18.1. The first-order valence-corrected chi connectivity index (χ1v) is 7.91. The van der Waals surface area contributed by atoms with Crippen molar-refractivity contribution in [3.63, 3.8) is 0 Å². The molecule has 0 aliphatic carbocycles. The predicted molar refractivity (Wildman–Crippen MR) is 84.5 cm³/mol. The predicted octanol–water partition coefficient (Wildman–Crippen LogP) is 2.40. The average molecular weight is 349 g/mol. The number of aromatic nitrogens is 2. The van der Waals surface area contributed by atoms with Crippen molar-refractivity contribution in [1.82, 2.24) is 14.7 Å². The highest BCUT2D eigenvalue weighted by atomic mass is 19.1. The van der Waals surface area contributed by atoms with Crippen LogP contribution in [0.3, 0.4) is 0 Å². The van der Waals surface area contributed by atoms with Gasteiger partial charge in [-0.3, -0.25) is 9.59 Å². The van der Waals surface area contributed by atoms with E-state index in [-0.39, 0.29) is 17.3 Å². The average Bonchev–Trinajstić information content (AvgIpc) is 2.95. The van der Waals surface area contributed by atoms with Crippen molar-refractivity contribution in [1.29, 1.82) is 0 Å². The number of hydrogen-bond acceptors (Lipinski definition) is 3. The fourth-order valence-corrected chi connectivity index (χ4v) is 2.97. The molecule has 6 nitrogen and oxygen atoms in total. The molecule has 0 atom stereocenters. The minimum atomic E-state index is -0.859. The van der Waals surface area contributed by atoms with E-state index in [0.717, 1.165) is 16.8 Å². The summed E-state index contributed by atoms with van der Waals surface area (Å²) >= 11 is 0. The largest absolute Gasteiger partial charge is 0.481 e. The van der Waals surface area contributed by atoms with Gasteiger partial charge < -0.3 is 10.0 Å². The molecular formula is C17H17F2N3O3. The topological polar surface area (TPSA) is 75.4 Å². The molecule has 1 aliphatic rings. The second-order valence-corrected chi connectivity index (χ2v) is 6.08. The van der Waals surface area contributed by atoms with Crippen LogP contribution in [-0.4, -0.2) is 44.8 Å². The van der Waals surface area contributed by atoms with Crippen LogP contribution < -0.4 is 0 Å². The summed E-state index contributed by atoms with van der Waals surface area (Å²) in [4.78, 5) is 25.1. The van der Waals surface area contributed by atoms with Crippen LogP contribution in [0.15, 0.2) is 24.4 Å². The highest BCUT2D eigenvalue weighted by molar-refractivity contribution is 5.93. The van der Waals surface area contributed by atoms with E-state index in [2.05, 4.69) is 5.10 Å². The number of carbonyl (C=O) groups excluding carboxylic acids is 1. The van der Waals surface area contributed by atoms with E-state index in [1.807, 2.05) is 0 Å². The lowest BCUT2D eigenvalue weighted by atomic mass is 9.97. The monoisotopic (exact) mass is 349 g/mol. The van der Waals surface area contributed by atoms with Crippen molar-refractivity contribution in [2.24, 2.45) is 5.92 Å². The molecule has 0 radical (unpaired) electrons. The van der Waals surface area contributed by atoms with Crippen molar-refractivity contribution in [2.45, 2.75) is 19.8 Å². The summed E-state index contributed by atoms with van der Waals surface area (Å²) in [5.74, 6) is -3.22. The lowest BCUT2D eigenvalue weighted by Gasteiger charge is -2.29. The standard InChI is InChI=1S/C17H17F2N3O3/c1-10-9-22(15-12(18)3-2-4-13(15)19)20-14(10)16(23)21-7-5-11(6-8-21)17(24)25/h2-4,9,11H,5-8H2,1H3,(H,24,25). The van der Waals surface area contributed by atoms with E-state index >= 15 is 0 Å². The highest BCUT2D eigenvalue weighted by Crippen LogP contribution is 2.22. The lowest BCUT2D eigenvalue weighted by Crippen LogP contribution is -2.40. The summed E-state index contributed by atoms with van der Waals surface area (Å²) in [5.41, 5.74) is 0.263. The molecule has 2 heterocycles. The van der Waals surface area contributed by atoms with Crippen molar-refractivity contribution >= 4 is 11.9 Å². The number of piperidine rings is 1. The Labute approximate surface area is 142 Å². The third-order valence-electron chi connectivity index (χ3n) is 4.40. The highest BCUT2D eigenvalue weighted by Gasteiger charge is 2.29. The van der Waals surface area contributed by atoms with E-state index in [1.165, 1.54) is 17.2 Å². The molecule has 8 heteroatoms. The van der Waals surface area contributed by atoms with Crippen LogP contribution in [0.5, 0.6) is 0 Å². The summed E-state index contributed by atoms with van der Waals surface area (Å²) in [5, 5.41) is 13.1. The third-order valence-corrected chi connectivity index (χ3v) is 4.40. The molecule has 1 saturated heterocycles. The smallest absolute Gasteiger partial charge is 0.306 e. The number of amides is 1. The van der Waals surface area contributed by atoms with Gasteiger partial charge in [-0.25, -0.2) is 13.5 Å². The second kappa shape index (κ2) is 6.62. The molecule has 3 rings (SSSR count). The van der Waals surface area contributed by atoms with Crippen LogP contribution in [0.1, 0.15) is 28.9 Å². The number of aryl methyl sites for hydroxylation is 1. The summed E-state index contributed by atoms with van der Waals surface area (Å²) in [6.45, 7) is 2.27. The summed E-state index contributed by atoms with van der Waals surface area (Å²) in [6.07, 6.45) is 2.16. The fourth-order valence-electron chi connectivity index (χ4n) is 2.97. The Morgan fingerprint density at radius 3 is 2.36 bits per heavy atom. The van der Waals surface area contributed by atoms with Gasteiger partial charge in [0.25, 0.3) is 5.91 Å². The van der Waals surface area contributed by atoms with Crippen LogP contribution in [0.4, 0.5) is 8.78 Å². The number of likely N-dealkylation sites (tertiary alicyclic amines) is 1. The van der Waals surface area contributed by atoms with Crippen molar-refractivity contribution in [2.75, 3.05) is 13.1 Å². The zero-order valence-electron chi connectivity index (χ0n) is 13.6. The molecule has 25 heavy (non-hydrogen) atoms. The molecule has 1 fully saturated rings. The van der Waals surface area contributed by atoms with E-state index in [0.29, 0.717) is 31.5 Å². The molecule has 2 aromatic rings. The van der Waals surface area contributed by atoms with E-state index in [4.69, 9.17) is 5.11 Å². The number of carbonyl (C=O) groups is 2. The Hall–Kier alpha value is -2.77. The van der Waals surface area contributed by atoms with Gasteiger partial charge in [-0.2, -0.15) is 5.10 Å². The lowest BCUT2D eigenvalue weighted by molar-refractivity contribution is -0.143.